The Morgan fingerprint density at radius 1 is 1.16 bits per heavy atom. The zero-order valence-electron chi connectivity index (χ0n) is 11.5. The Balaban J connectivity index is 2.44. The number of nitrogens with two attached hydrogens (primary N) is 1. The zero-order chi connectivity index (χ0) is 14.1. The third-order valence-corrected chi connectivity index (χ3v) is 2.38. The van der Waals surface area contributed by atoms with Gasteiger partial charge in [-0.2, -0.15) is 15.0 Å². The van der Waals surface area contributed by atoms with Gasteiger partial charge in [-0.1, -0.05) is 0 Å². The van der Waals surface area contributed by atoms with E-state index in [-0.39, 0.29) is 12.0 Å². The fourth-order valence-corrected chi connectivity index (χ4v) is 1.31. The Bertz CT molecular complexity index is 355. The Morgan fingerprint density at radius 3 is 2.53 bits per heavy atom. The third kappa shape index (κ3) is 5.64. The fourth-order valence-electron chi connectivity index (χ4n) is 1.31. The largest absolute Gasteiger partial charge is 0.467 e. The highest BCUT2D eigenvalue weighted by molar-refractivity contribution is 5.34. The number of anilines is 2. The molecule has 1 aromatic rings. The highest BCUT2D eigenvalue weighted by Crippen LogP contribution is 2.09. The predicted molar refractivity (Wildman–Crippen MR) is 72.1 cm³/mol. The van der Waals surface area contributed by atoms with Gasteiger partial charge in [0.05, 0.1) is 13.7 Å². The van der Waals surface area contributed by atoms with Crippen LogP contribution in [-0.4, -0.2) is 67.4 Å². The van der Waals surface area contributed by atoms with Crippen LogP contribution in [0.15, 0.2) is 0 Å². The summed E-state index contributed by atoms with van der Waals surface area (Å²) < 4.78 is 9.96. The molecule has 9 heteroatoms. The second kappa shape index (κ2) is 8.40. The molecule has 0 aromatic carbocycles. The SMILES string of the molecule is COCCN(C)CCNc1nc(NN)nc(OC)n1. The molecule has 4 N–H and O–H groups in total. The van der Waals surface area contributed by atoms with Crippen molar-refractivity contribution in [3.63, 3.8) is 0 Å². The van der Waals surface area contributed by atoms with E-state index in [9.17, 15) is 0 Å². The number of ether oxygens (including phenoxy) is 2. The molecule has 0 aliphatic rings. The first-order valence-electron chi connectivity index (χ1n) is 5.87. The van der Waals surface area contributed by atoms with Crippen LogP contribution < -0.4 is 21.3 Å². The molecule has 0 unspecified atom stereocenters. The van der Waals surface area contributed by atoms with Crippen LogP contribution in [0.2, 0.25) is 0 Å². The van der Waals surface area contributed by atoms with E-state index >= 15 is 0 Å². The van der Waals surface area contributed by atoms with Gasteiger partial charge in [0.15, 0.2) is 0 Å². The van der Waals surface area contributed by atoms with Gasteiger partial charge in [0, 0.05) is 26.7 Å². The first kappa shape index (κ1) is 15.3. The van der Waals surface area contributed by atoms with Crippen molar-refractivity contribution in [2.24, 2.45) is 5.84 Å². The topological polar surface area (TPSA) is 110 Å². The summed E-state index contributed by atoms with van der Waals surface area (Å²) in [6.07, 6.45) is 0. The lowest BCUT2D eigenvalue weighted by atomic mass is 10.5. The minimum absolute atomic E-state index is 0.207. The smallest absolute Gasteiger partial charge is 0.322 e. The van der Waals surface area contributed by atoms with Crippen LogP contribution in [-0.2, 0) is 4.74 Å². The second-order valence-corrected chi connectivity index (χ2v) is 3.84. The molecule has 0 radical (unpaired) electrons. The molecule has 0 fully saturated rings. The van der Waals surface area contributed by atoms with Gasteiger partial charge >= 0.3 is 6.01 Å². The summed E-state index contributed by atoms with van der Waals surface area (Å²) in [6.45, 7) is 3.10. The monoisotopic (exact) mass is 271 g/mol. The Morgan fingerprint density at radius 2 is 1.89 bits per heavy atom. The number of hydrazine groups is 1. The van der Waals surface area contributed by atoms with Gasteiger partial charge in [0.25, 0.3) is 0 Å². The summed E-state index contributed by atoms with van der Waals surface area (Å²) in [5.74, 6) is 5.93. The van der Waals surface area contributed by atoms with E-state index in [0.29, 0.717) is 19.1 Å². The van der Waals surface area contributed by atoms with Crippen molar-refractivity contribution in [1.82, 2.24) is 19.9 Å². The molecule has 9 nitrogen and oxygen atoms in total. The van der Waals surface area contributed by atoms with Crippen LogP contribution in [0, 0.1) is 0 Å². The van der Waals surface area contributed by atoms with Gasteiger partial charge in [-0.25, -0.2) is 5.84 Å². The van der Waals surface area contributed by atoms with Crippen molar-refractivity contribution < 1.29 is 9.47 Å². The highest BCUT2D eigenvalue weighted by atomic mass is 16.5. The number of methoxy groups -OCH3 is 2. The molecular weight excluding hydrogens is 250 g/mol. The van der Waals surface area contributed by atoms with E-state index in [1.165, 1.54) is 7.11 Å². The molecule has 0 bridgehead atoms. The maximum Gasteiger partial charge on any atom is 0.322 e. The lowest BCUT2D eigenvalue weighted by molar-refractivity contribution is 0.163. The second-order valence-electron chi connectivity index (χ2n) is 3.84. The quantitative estimate of drug-likeness (QED) is 0.391. The molecule has 0 amide bonds. The van der Waals surface area contributed by atoms with Crippen LogP contribution in [0.3, 0.4) is 0 Å². The standard InChI is InChI=1S/C10H21N7O2/c1-17(6-7-18-2)5-4-12-8-13-9(16-11)15-10(14-8)19-3/h4-7,11H2,1-3H3,(H2,12,13,14,15,16). The lowest BCUT2D eigenvalue weighted by Gasteiger charge is -2.16. The van der Waals surface area contributed by atoms with Gasteiger partial charge in [-0.05, 0) is 7.05 Å². The van der Waals surface area contributed by atoms with Crippen molar-refractivity contribution in [1.29, 1.82) is 0 Å². The van der Waals surface area contributed by atoms with E-state index in [0.717, 1.165) is 13.1 Å². The summed E-state index contributed by atoms with van der Waals surface area (Å²) in [7, 11) is 5.18. The molecule has 0 atom stereocenters. The first-order valence-corrected chi connectivity index (χ1v) is 5.87. The van der Waals surface area contributed by atoms with Gasteiger partial charge in [0.2, 0.25) is 11.9 Å². The van der Waals surface area contributed by atoms with Crippen molar-refractivity contribution in [3.8, 4) is 6.01 Å². The molecule has 0 spiro atoms. The van der Waals surface area contributed by atoms with Gasteiger partial charge < -0.3 is 19.7 Å². The van der Waals surface area contributed by atoms with E-state index in [1.54, 1.807) is 7.11 Å². The summed E-state index contributed by atoms with van der Waals surface area (Å²) in [5.41, 5.74) is 2.36. The number of hydrogen-bond acceptors (Lipinski definition) is 9. The van der Waals surface area contributed by atoms with E-state index in [1.807, 2.05) is 7.05 Å². The Labute approximate surface area is 112 Å². The predicted octanol–water partition coefficient (Wildman–Crippen LogP) is -0.844. The summed E-state index contributed by atoms with van der Waals surface area (Å²) in [4.78, 5) is 14.2. The summed E-state index contributed by atoms with van der Waals surface area (Å²) in [5, 5.41) is 3.08. The average Bonchev–Trinajstić information content (AvgIpc) is 2.44. The number of rotatable bonds is 9. The van der Waals surface area contributed by atoms with Crippen LogP contribution in [0.1, 0.15) is 0 Å². The molecule has 0 aliphatic carbocycles. The van der Waals surface area contributed by atoms with Gasteiger partial charge in [-0.3, -0.25) is 5.43 Å². The van der Waals surface area contributed by atoms with E-state index < -0.39 is 0 Å². The highest BCUT2D eigenvalue weighted by Gasteiger charge is 2.05. The van der Waals surface area contributed by atoms with Crippen LogP contribution in [0.4, 0.5) is 11.9 Å². The Hall–Kier alpha value is -1.71. The minimum Gasteiger partial charge on any atom is -0.467 e. The molecule has 108 valence electrons. The first-order chi connectivity index (χ1) is 9.19. The maximum atomic E-state index is 5.27. The third-order valence-electron chi connectivity index (χ3n) is 2.38. The van der Waals surface area contributed by atoms with Gasteiger partial charge in [-0.15, -0.1) is 0 Å². The number of nitrogens with one attached hydrogen (secondary N) is 2. The number of aromatic nitrogens is 3. The van der Waals surface area contributed by atoms with Crippen molar-refractivity contribution in [3.05, 3.63) is 0 Å². The summed E-state index contributed by atoms with van der Waals surface area (Å²) in [6, 6.07) is 0.207. The molecule has 19 heavy (non-hydrogen) atoms. The van der Waals surface area contributed by atoms with Gasteiger partial charge in [0.1, 0.15) is 0 Å². The van der Waals surface area contributed by atoms with Crippen molar-refractivity contribution >= 4 is 11.9 Å². The van der Waals surface area contributed by atoms with Crippen LogP contribution >= 0.6 is 0 Å². The maximum absolute atomic E-state index is 5.27. The summed E-state index contributed by atoms with van der Waals surface area (Å²) >= 11 is 0. The number of hydrogen-bond donors (Lipinski definition) is 3. The fraction of sp³-hybridized carbons (Fsp3) is 0.700. The number of nitrogens with zero attached hydrogens (tertiary/aromatic N) is 4. The average molecular weight is 271 g/mol. The number of nitrogen functional groups attached to an aromatic ring is 1. The molecule has 0 saturated heterocycles. The number of likely N-dealkylation sites (N-methyl/N-ethyl adjacent to an activating group) is 1. The molecular formula is C10H21N7O2. The molecule has 1 rings (SSSR count). The molecule has 1 aromatic heterocycles. The molecule has 0 aliphatic heterocycles. The van der Waals surface area contributed by atoms with Crippen LogP contribution in [0.5, 0.6) is 6.01 Å². The van der Waals surface area contributed by atoms with Crippen molar-refractivity contribution in [2.75, 3.05) is 58.3 Å². The normalized spacial score (nSPS) is 10.6. The molecule has 1 heterocycles. The zero-order valence-corrected chi connectivity index (χ0v) is 11.5. The Kier molecular flexibility index (Phi) is 6.79. The van der Waals surface area contributed by atoms with Crippen LogP contribution in [0.25, 0.3) is 0 Å². The van der Waals surface area contributed by atoms with E-state index in [4.69, 9.17) is 15.3 Å². The van der Waals surface area contributed by atoms with Crippen molar-refractivity contribution in [2.45, 2.75) is 0 Å². The molecule has 0 saturated carbocycles. The minimum atomic E-state index is 0.207. The lowest BCUT2D eigenvalue weighted by Crippen LogP contribution is -2.28. The van der Waals surface area contributed by atoms with E-state index in [2.05, 4.69) is 30.6 Å².